The van der Waals surface area contributed by atoms with E-state index in [1.165, 1.54) is 36.0 Å². The van der Waals surface area contributed by atoms with E-state index in [1.807, 2.05) is 54.0 Å². The van der Waals surface area contributed by atoms with E-state index in [9.17, 15) is 9.18 Å². The lowest BCUT2D eigenvalue weighted by molar-refractivity contribution is -0.113. The van der Waals surface area contributed by atoms with Crippen LogP contribution in [-0.4, -0.2) is 26.4 Å². The molecule has 0 saturated heterocycles. The third kappa shape index (κ3) is 4.95. The second-order valence-electron chi connectivity index (χ2n) is 6.80. The van der Waals surface area contributed by atoms with Crippen LogP contribution >= 0.6 is 23.4 Å². The number of aryl methyl sites for hydroxylation is 1. The number of carbonyl (C=O) groups excluding carboxylic acids is 1. The molecule has 8 heteroatoms. The number of benzene rings is 3. The number of thioether (sulfide) groups is 1. The first kappa shape index (κ1) is 21.1. The van der Waals surface area contributed by atoms with Crippen molar-refractivity contribution < 1.29 is 9.18 Å². The van der Waals surface area contributed by atoms with Crippen LogP contribution in [0.1, 0.15) is 5.56 Å². The molecule has 0 bridgehead atoms. The van der Waals surface area contributed by atoms with Gasteiger partial charge in [-0.3, -0.25) is 9.36 Å². The molecular weight excluding hydrogens is 435 g/mol. The highest BCUT2D eigenvalue weighted by atomic mass is 35.5. The number of nitrogens with zero attached hydrogens (tertiary/aromatic N) is 3. The van der Waals surface area contributed by atoms with E-state index >= 15 is 0 Å². The molecule has 3 aromatic carbocycles. The topological polar surface area (TPSA) is 59.8 Å². The van der Waals surface area contributed by atoms with Crippen molar-refractivity contribution in [1.82, 2.24) is 14.8 Å². The van der Waals surface area contributed by atoms with Gasteiger partial charge in [0.1, 0.15) is 5.82 Å². The van der Waals surface area contributed by atoms with Crippen LogP contribution in [0.4, 0.5) is 10.1 Å². The lowest BCUT2D eigenvalue weighted by Gasteiger charge is -2.11. The number of amides is 1. The summed E-state index contributed by atoms with van der Waals surface area (Å²) in [5, 5.41) is 12.5. The standard InChI is InChI=1S/C23H18ClFN4OS/c1-15-6-12-18(13-7-15)29-22(19-4-2-3-5-20(19)24)27-28-23(29)31-14-21(30)26-17-10-8-16(25)9-11-17/h2-13H,14H2,1H3,(H,26,30). The zero-order chi connectivity index (χ0) is 21.8. The van der Waals surface area contributed by atoms with Crippen molar-refractivity contribution in [3.05, 3.63) is 89.2 Å². The van der Waals surface area contributed by atoms with Crippen molar-refractivity contribution in [2.75, 3.05) is 11.1 Å². The number of hydrogen-bond donors (Lipinski definition) is 1. The first-order valence-electron chi connectivity index (χ1n) is 9.47. The minimum absolute atomic E-state index is 0.115. The van der Waals surface area contributed by atoms with E-state index in [0.717, 1.165) is 16.8 Å². The zero-order valence-electron chi connectivity index (χ0n) is 16.5. The summed E-state index contributed by atoms with van der Waals surface area (Å²) >= 11 is 7.66. The Bertz CT molecular complexity index is 1210. The molecule has 0 aliphatic carbocycles. The molecule has 4 aromatic rings. The molecule has 0 fully saturated rings. The molecule has 0 aliphatic heterocycles. The predicted octanol–water partition coefficient (Wildman–Crippen LogP) is 5.77. The van der Waals surface area contributed by atoms with E-state index in [0.29, 0.717) is 21.7 Å². The lowest BCUT2D eigenvalue weighted by atomic mass is 10.2. The molecule has 1 amide bonds. The molecule has 31 heavy (non-hydrogen) atoms. The molecule has 0 radical (unpaired) electrons. The molecule has 5 nitrogen and oxygen atoms in total. The first-order valence-corrected chi connectivity index (χ1v) is 10.8. The van der Waals surface area contributed by atoms with Crippen molar-refractivity contribution in [2.45, 2.75) is 12.1 Å². The monoisotopic (exact) mass is 452 g/mol. The Kier molecular flexibility index (Phi) is 6.34. The van der Waals surface area contributed by atoms with Crippen LogP contribution < -0.4 is 5.32 Å². The minimum Gasteiger partial charge on any atom is -0.325 e. The van der Waals surface area contributed by atoms with Crippen molar-refractivity contribution in [1.29, 1.82) is 0 Å². The Labute approximate surface area is 188 Å². The van der Waals surface area contributed by atoms with Gasteiger partial charge in [-0.05, 0) is 55.5 Å². The maximum absolute atomic E-state index is 13.1. The number of rotatable bonds is 6. The quantitative estimate of drug-likeness (QED) is 0.377. The number of carbonyl (C=O) groups is 1. The highest BCUT2D eigenvalue weighted by molar-refractivity contribution is 7.99. The van der Waals surface area contributed by atoms with Crippen LogP contribution in [0.15, 0.2) is 78.0 Å². The number of halogens is 2. The van der Waals surface area contributed by atoms with E-state index in [-0.39, 0.29) is 17.5 Å². The van der Waals surface area contributed by atoms with Gasteiger partial charge in [0, 0.05) is 16.9 Å². The summed E-state index contributed by atoms with van der Waals surface area (Å²) in [6.45, 7) is 2.01. The molecular formula is C23H18ClFN4OS. The van der Waals surface area contributed by atoms with Gasteiger partial charge in [0.25, 0.3) is 0 Å². The molecule has 4 rings (SSSR count). The molecule has 156 valence electrons. The van der Waals surface area contributed by atoms with Gasteiger partial charge in [-0.15, -0.1) is 10.2 Å². The largest absolute Gasteiger partial charge is 0.325 e. The number of nitrogens with one attached hydrogen (secondary N) is 1. The van der Waals surface area contributed by atoms with Crippen molar-refractivity contribution >= 4 is 35.0 Å². The fraction of sp³-hybridized carbons (Fsp3) is 0.0870. The van der Waals surface area contributed by atoms with Crippen LogP contribution in [0.5, 0.6) is 0 Å². The summed E-state index contributed by atoms with van der Waals surface area (Å²) in [6.07, 6.45) is 0. The minimum atomic E-state index is -0.356. The second-order valence-corrected chi connectivity index (χ2v) is 8.15. The smallest absolute Gasteiger partial charge is 0.234 e. The van der Waals surface area contributed by atoms with Gasteiger partial charge < -0.3 is 5.32 Å². The van der Waals surface area contributed by atoms with Gasteiger partial charge in [0.2, 0.25) is 5.91 Å². The van der Waals surface area contributed by atoms with Gasteiger partial charge in [-0.1, -0.05) is 53.2 Å². The van der Waals surface area contributed by atoms with Crippen LogP contribution in [0, 0.1) is 12.7 Å². The lowest BCUT2D eigenvalue weighted by Crippen LogP contribution is -2.14. The SMILES string of the molecule is Cc1ccc(-n2c(SCC(=O)Nc3ccc(F)cc3)nnc2-c2ccccc2Cl)cc1. The summed E-state index contributed by atoms with van der Waals surface area (Å²) in [5.74, 6) is 0.125. The fourth-order valence-corrected chi connectivity index (χ4v) is 3.94. The molecule has 1 heterocycles. The van der Waals surface area contributed by atoms with Crippen molar-refractivity contribution in [3.8, 4) is 17.1 Å². The summed E-state index contributed by atoms with van der Waals surface area (Å²) in [4.78, 5) is 12.4. The maximum atomic E-state index is 13.1. The van der Waals surface area contributed by atoms with Gasteiger partial charge >= 0.3 is 0 Å². The normalized spacial score (nSPS) is 10.8. The average Bonchev–Trinajstić information content (AvgIpc) is 3.18. The van der Waals surface area contributed by atoms with Gasteiger partial charge in [0.15, 0.2) is 11.0 Å². The molecule has 1 aromatic heterocycles. The predicted molar refractivity (Wildman–Crippen MR) is 122 cm³/mol. The van der Waals surface area contributed by atoms with E-state index in [2.05, 4.69) is 15.5 Å². The Balaban J connectivity index is 1.61. The van der Waals surface area contributed by atoms with Crippen LogP contribution in [-0.2, 0) is 4.79 Å². The third-order valence-electron chi connectivity index (χ3n) is 4.50. The summed E-state index contributed by atoms with van der Waals surface area (Å²) < 4.78 is 14.9. The average molecular weight is 453 g/mol. The van der Waals surface area contributed by atoms with Gasteiger partial charge in [-0.2, -0.15) is 0 Å². The fourth-order valence-electron chi connectivity index (χ4n) is 2.97. The van der Waals surface area contributed by atoms with Crippen LogP contribution in [0.3, 0.4) is 0 Å². The van der Waals surface area contributed by atoms with Crippen molar-refractivity contribution in [3.63, 3.8) is 0 Å². The second kappa shape index (κ2) is 9.32. The Morgan fingerprint density at radius 2 is 1.74 bits per heavy atom. The Morgan fingerprint density at radius 3 is 2.45 bits per heavy atom. The molecule has 0 atom stereocenters. The summed E-state index contributed by atoms with van der Waals surface area (Å²) in [7, 11) is 0. The first-order chi connectivity index (χ1) is 15.0. The molecule has 0 saturated carbocycles. The van der Waals surface area contributed by atoms with E-state index in [1.54, 1.807) is 6.07 Å². The summed E-state index contributed by atoms with van der Waals surface area (Å²) in [5.41, 5.74) is 3.28. The van der Waals surface area contributed by atoms with Crippen LogP contribution in [0.25, 0.3) is 17.1 Å². The maximum Gasteiger partial charge on any atom is 0.234 e. The highest BCUT2D eigenvalue weighted by Crippen LogP contribution is 2.32. The number of hydrogen-bond acceptors (Lipinski definition) is 4. The molecule has 0 unspecified atom stereocenters. The van der Waals surface area contributed by atoms with E-state index < -0.39 is 0 Å². The summed E-state index contributed by atoms with van der Waals surface area (Å²) in [6, 6.07) is 21.0. The molecule has 0 spiro atoms. The molecule has 0 aliphatic rings. The van der Waals surface area contributed by atoms with Crippen molar-refractivity contribution in [2.24, 2.45) is 0 Å². The zero-order valence-corrected chi connectivity index (χ0v) is 18.1. The van der Waals surface area contributed by atoms with Crippen LogP contribution in [0.2, 0.25) is 5.02 Å². The highest BCUT2D eigenvalue weighted by Gasteiger charge is 2.19. The Hall–Kier alpha value is -3.16. The molecule has 1 N–H and O–H groups in total. The van der Waals surface area contributed by atoms with E-state index in [4.69, 9.17) is 11.6 Å². The Morgan fingerprint density at radius 1 is 1.03 bits per heavy atom. The van der Waals surface area contributed by atoms with Gasteiger partial charge in [0.05, 0.1) is 10.8 Å². The van der Waals surface area contributed by atoms with Gasteiger partial charge in [-0.25, -0.2) is 4.39 Å². The number of anilines is 1. The number of aromatic nitrogens is 3. The third-order valence-corrected chi connectivity index (χ3v) is 5.76.